The Kier molecular flexibility index (Phi) is 4.11. The number of para-hydroxylation sites is 1. The van der Waals surface area contributed by atoms with Crippen molar-refractivity contribution < 1.29 is 4.74 Å². The van der Waals surface area contributed by atoms with Gasteiger partial charge in [-0.15, -0.1) is 0 Å². The Bertz CT molecular complexity index is 845. The lowest BCUT2D eigenvalue weighted by Crippen LogP contribution is -2.57. The largest absolute Gasteiger partial charge is 0.482 e. The summed E-state index contributed by atoms with van der Waals surface area (Å²) in [6, 6.07) is 16.1. The van der Waals surface area contributed by atoms with E-state index in [4.69, 9.17) is 4.74 Å². The highest BCUT2D eigenvalue weighted by molar-refractivity contribution is 5.51. The van der Waals surface area contributed by atoms with Crippen molar-refractivity contribution in [2.45, 2.75) is 82.7 Å². The molecule has 3 aliphatic rings. The lowest BCUT2D eigenvalue weighted by Gasteiger charge is -2.59. The van der Waals surface area contributed by atoms with Crippen molar-refractivity contribution in [2.75, 3.05) is 0 Å². The average Bonchev–Trinajstić information content (AvgIpc) is 2.70. The first-order valence-electron chi connectivity index (χ1n) is 11.0. The van der Waals surface area contributed by atoms with Crippen molar-refractivity contribution in [3.05, 3.63) is 64.7 Å². The molecule has 1 spiro atoms. The van der Waals surface area contributed by atoms with Gasteiger partial charge in [-0.3, -0.25) is 0 Å². The fourth-order valence-electron chi connectivity index (χ4n) is 6.65. The van der Waals surface area contributed by atoms with Gasteiger partial charge in [-0.2, -0.15) is 0 Å². The molecule has 0 bridgehead atoms. The third-order valence-corrected chi connectivity index (χ3v) is 7.81. The van der Waals surface area contributed by atoms with Gasteiger partial charge in [-0.25, -0.2) is 0 Å². The lowest BCUT2D eigenvalue weighted by molar-refractivity contribution is -0.0954. The van der Waals surface area contributed by atoms with Crippen LogP contribution in [0.4, 0.5) is 0 Å². The molecule has 2 atom stereocenters. The Hall–Kier alpha value is -1.76. The molecular weight excluding hydrogens is 328 g/mol. The molecule has 1 heterocycles. The second-order valence-corrected chi connectivity index (χ2v) is 9.33. The maximum atomic E-state index is 7.12. The van der Waals surface area contributed by atoms with Crippen LogP contribution in [-0.2, 0) is 11.0 Å². The summed E-state index contributed by atoms with van der Waals surface area (Å²) in [5.41, 5.74) is 5.78. The number of benzene rings is 2. The van der Waals surface area contributed by atoms with Gasteiger partial charge in [0.1, 0.15) is 11.4 Å². The Morgan fingerprint density at radius 2 is 1.63 bits per heavy atom. The second kappa shape index (κ2) is 6.40. The van der Waals surface area contributed by atoms with E-state index >= 15 is 0 Å². The molecule has 5 rings (SSSR count). The van der Waals surface area contributed by atoms with E-state index in [0.717, 1.165) is 6.42 Å². The Morgan fingerprint density at radius 1 is 0.852 bits per heavy atom. The van der Waals surface area contributed by atoms with Crippen LogP contribution in [-0.4, -0.2) is 0 Å². The number of aryl methyl sites for hydroxylation is 2. The summed E-state index contributed by atoms with van der Waals surface area (Å²) in [5.74, 6) is 1.81. The van der Waals surface area contributed by atoms with E-state index in [1.165, 1.54) is 79.4 Å². The molecule has 0 saturated heterocycles. The number of hydrogen-bond acceptors (Lipinski definition) is 1. The summed E-state index contributed by atoms with van der Waals surface area (Å²) in [7, 11) is 0. The SMILES string of the molecule is Cc1cccc(C23CCCCC2C2(CCCCC2)c2cccc(C)c2O3)c1. The standard InChI is InChI=1S/C26H32O/c1-19-10-8-12-21(18-19)26-17-7-4-14-23(26)25(15-5-3-6-16-25)22-13-9-11-20(2)24(22)27-26/h8-13,18,23H,3-7,14-17H2,1-2H3. The summed E-state index contributed by atoms with van der Waals surface area (Å²) < 4.78 is 7.12. The highest BCUT2D eigenvalue weighted by Crippen LogP contribution is 2.63. The summed E-state index contributed by atoms with van der Waals surface area (Å²) >= 11 is 0. The van der Waals surface area contributed by atoms with Gasteiger partial charge < -0.3 is 4.74 Å². The number of hydrogen-bond donors (Lipinski definition) is 0. The summed E-state index contributed by atoms with van der Waals surface area (Å²) in [6.07, 6.45) is 11.9. The van der Waals surface area contributed by atoms with E-state index in [9.17, 15) is 0 Å². The first-order chi connectivity index (χ1) is 13.2. The van der Waals surface area contributed by atoms with Crippen LogP contribution >= 0.6 is 0 Å². The minimum Gasteiger partial charge on any atom is -0.482 e. The molecule has 0 aromatic heterocycles. The van der Waals surface area contributed by atoms with Crippen molar-refractivity contribution in [3.8, 4) is 5.75 Å². The van der Waals surface area contributed by atoms with Gasteiger partial charge in [0.25, 0.3) is 0 Å². The minimum absolute atomic E-state index is 0.138. The predicted octanol–water partition coefficient (Wildman–Crippen LogP) is 6.98. The van der Waals surface area contributed by atoms with E-state index in [0.29, 0.717) is 11.3 Å². The van der Waals surface area contributed by atoms with Gasteiger partial charge in [0.15, 0.2) is 0 Å². The van der Waals surface area contributed by atoms with Crippen LogP contribution in [0, 0.1) is 19.8 Å². The van der Waals surface area contributed by atoms with Crippen molar-refractivity contribution in [3.63, 3.8) is 0 Å². The molecule has 1 heteroatoms. The first-order valence-corrected chi connectivity index (χ1v) is 11.0. The fourth-order valence-corrected chi connectivity index (χ4v) is 6.65. The summed E-state index contributed by atoms with van der Waals surface area (Å²) in [4.78, 5) is 0. The second-order valence-electron chi connectivity index (χ2n) is 9.33. The zero-order chi connectivity index (χ0) is 18.5. The molecule has 0 radical (unpaired) electrons. The Balaban J connectivity index is 1.77. The quantitative estimate of drug-likeness (QED) is 0.533. The van der Waals surface area contributed by atoms with Crippen LogP contribution in [0.3, 0.4) is 0 Å². The number of rotatable bonds is 1. The molecule has 142 valence electrons. The summed E-state index contributed by atoms with van der Waals surface area (Å²) in [6.45, 7) is 4.46. The Labute approximate surface area is 164 Å². The van der Waals surface area contributed by atoms with Crippen molar-refractivity contribution in [1.29, 1.82) is 0 Å². The third-order valence-electron chi connectivity index (χ3n) is 7.81. The van der Waals surface area contributed by atoms with E-state index in [2.05, 4.69) is 56.3 Å². The fraction of sp³-hybridized carbons (Fsp3) is 0.538. The molecular formula is C26H32O. The minimum atomic E-state index is -0.138. The van der Waals surface area contributed by atoms with E-state index in [-0.39, 0.29) is 5.60 Å². The van der Waals surface area contributed by atoms with E-state index in [1.807, 2.05) is 0 Å². The van der Waals surface area contributed by atoms with Crippen molar-refractivity contribution in [1.82, 2.24) is 0 Å². The zero-order valence-electron chi connectivity index (χ0n) is 16.9. The molecule has 1 nitrogen and oxygen atoms in total. The Morgan fingerprint density at radius 3 is 2.44 bits per heavy atom. The van der Waals surface area contributed by atoms with Crippen molar-refractivity contribution in [2.24, 2.45) is 5.92 Å². The molecule has 2 saturated carbocycles. The molecule has 0 N–H and O–H groups in total. The molecule has 1 aliphatic heterocycles. The molecule has 0 amide bonds. The van der Waals surface area contributed by atoms with E-state index < -0.39 is 0 Å². The van der Waals surface area contributed by atoms with Gasteiger partial charge in [0.2, 0.25) is 0 Å². The average molecular weight is 361 g/mol. The van der Waals surface area contributed by atoms with E-state index in [1.54, 1.807) is 0 Å². The van der Waals surface area contributed by atoms with Crippen LogP contribution in [0.5, 0.6) is 5.75 Å². The number of ether oxygens (including phenoxy) is 1. The van der Waals surface area contributed by atoms with Gasteiger partial charge in [-0.1, -0.05) is 73.7 Å². The third kappa shape index (κ3) is 2.50. The van der Waals surface area contributed by atoms with Crippen LogP contribution in [0.1, 0.15) is 80.0 Å². The maximum absolute atomic E-state index is 7.12. The zero-order valence-corrected chi connectivity index (χ0v) is 16.9. The van der Waals surface area contributed by atoms with Crippen LogP contribution in [0.25, 0.3) is 0 Å². The van der Waals surface area contributed by atoms with Gasteiger partial charge >= 0.3 is 0 Å². The smallest absolute Gasteiger partial charge is 0.138 e. The molecule has 2 aromatic rings. The molecule has 2 aromatic carbocycles. The maximum Gasteiger partial charge on any atom is 0.138 e. The molecule has 2 fully saturated rings. The van der Waals surface area contributed by atoms with Gasteiger partial charge in [-0.05, 0) is 57.1 Å². The van der Waals surface area contributed by atoms with Gasteiger partial charge in [0.05, 0.1) is 0 Å². The summed E-state index contributed by atoms with van der Waals surface area (Å²) in [5, 5.41) is 0. The van der Waals surface area contributed by atoms with Crippen LogP contribution < -0.4 is 4.74 Å². The number of fused-ring (bicyclic) bond motifs is 4. The predicted molar refractivity (Wildman–Crippen MR) is 111 cm³/mol. The molecule has 27 heavy (non-hydrogen) atoms. The first kappa shape index (κ1) is 17.3. The normalized spacial score (nSPS) is 28.9. The van der Waals surface area contributed by atoms with Crippen LogP contribution in [0.15, 0.2) is 42.5 Å². The monoisotopic (exact) mass is 360 g/mol. The van der Waals surface area contributed by atoms with Crippen molar-refractivity contribution >= 4 is 0 Å². The molecule has 2 aliphatic carbocycles. The molecule has 2 unspecified atom stereocenters. The highest BCUT2D eigenvalue weighted by Gasteiger charge is 2.59. The van der Waals surface area contributed by atoms with Gasteiger partial charge in [0, 0.05) is 16.9 Å². The lowest BCUT2D eigenvalue weighted by atomic mass is 9.51. The van der Waals surface area contributed by atoms with Crippen LogP contribution in [0.2, 0.25) is 0 Å². The highest BCUT2D eigenvalue weighted by atomic mass is 16.5. The topological polar surface area (TPSA) is 9.23 Å².